The average Bonchev–Trinajstić information content (AvgIpc) is 0.805. The minimum Gasteiger partial charge on any atom is -0.511 e. The van der Waals surface area contributed by atoms with Gasteiger partial charge in [0.25, 0.3) is 41.9 Å². The zero-order chi connectivity index (χ0) is 102. The van der Waals surface area contributed by atoms with Crippen LogP contribution in [-0.2, 0) is 62.3 Å². The van der Waals surface area contributed by atoms with Crippen molar-refractivity contribution < 1.29 is 114 Å². The molecule has 754 valence electrons. The third-order valence-electron chi connectivity index (χ3n) is 23.1. The van der Waals surface area contributed by atoms with Crippen LogP contribution in [0.1, 0.15) is 233 Å². The van der Waals surface area contributed by atoms with Crippen LogP contribution >= 0.6 is 46.6 Å². The first-order chi connectivity index (χ1) is 68.3. The van der Waals surface area contributed by atoms with Gasteiger partial charge in [0, 0.05) is 120 Å². The predicted molar refractivity (Wildman–Crippen MR) is 531 cm³/mol. The molecule has 7 aliphatic heterocycles. The number of rotatable bonds is 40. The number of aliphatic hydroxyl groups excluding tert-OH is 1. The Balaban J connectivity index is 0.000000185. The quantitative estimate of drug-likeness (QED) is 0.00526. The molecule has 1 aromatic heterocycles. The monoisotopic (exact) mass is 2050 g/mol. The summed E-state index contributed by atoms with van der Waals surface area (Å²) in [6, 6.07) is 23.7. The SMILES string of the molecule is C.C.CCCCCCCC(=O)Oc1cc2oc3c(C(=O)CCCCCN4C(=O)C=CC4=O)c(=O)ccc-3nc2cc1Cl.CCCCCCCC(=O)Oc1ccc2nc3ccc(=O)c(C(=O)CCCCCN4C(=O)CC(SCOC=O)C4=O)c-3oc2c1.O=C(ON1C(=O)CCC1=O)c1c(O)ccc2nc3cc(Cl)c(=O)cc-3oc12.O=C1C=CC(=O)N1CCCCCC(O)=c1c(=O)ccc2nc3cc(Cl)c(=O)cc3oc12. The lowest BCUT2D eigenvalue weighted by atomic mass is 10.00. The van der Waals surface area contributed by atoms with Crippen LogP contribution in [0.4, 0.5) is 0 Å². The van der Waals surface area contributed by atoms with Crippen LogP contribution < -0.4 is 41.8 Å². The van der Waals surface area contributed by atoms with Crippen LogP contribution in [0.5, 0.6) is 17.2 Å². The Morgan fingerprint density at radius 3 is 1.50 bits per heavy atom. The number of hydrogen-bond donors (Lipinski definition) is 2. The molecule has 8 amide bonds. The number of phenolic OH excluding ortho intramolecular Hbond substituents is 1. The number of aromatic hydroxyl groups is 1. The number of fused-ring (bicyclic) bond motifs is 8. The molecule has 1 atom stereocenters. The zero-order valence-electron chi connectivity index (χ0n) is 76.7. The number of thioether (sulfide) groups is 1. The number of amides is 8. The first-order valence-corrected chi connectivity index (χ1v) is 48.1. The molecule has 37 nitrogen and oxygen atoms in total. The summed E-state index contributed by atoms with van der Waals surface area (Å²) in [5, 5.41) is 20.6. The van der Waals surface area contributed by atoms with Gasteiger partial charge in [-0.25, -0.2) is 24.7 Å². The van der Waals surface area contributed by atoms with Gasteiger partial charge in [-0.3, -0.25) is 101 Å². The second-order valence-electron chi connectivity index (χ2n) is 33.3. The van der Waals surface area contributed by atoms with Crippen molar-refractivity contribution in [3.05, 3.63) is 216 Å². The number of Topliss-reactive ketones (excluding diaryl/α,β-unsaturated/α-hetero) is 2. The zero-order valence-corrected chi connectivity index (χ0v) is 79.8. The van der Waals surface area contributed by atoms with Crippen molar-refractivity contribution in [1.29, 1.82) is 0 Å². The van der Waals surface area contributed by atoms with Gasteiger partial charge in [0.1, 0.15) is 89.8 Å². The number of halogens is 3. The summed E-state index contributed by atoms with van der Waals surface area (Å²) in [5.41, 5.74) is 0.326. The van der Waals surface area contributed by atoms with E-state index in [4.69, 9.17) is 66.8 Å². The van der Waals surface area contributed by atoms with Gasteiger partial charge in [-0.2, -0.15) is 0 Å². The van der Waals surface area contributed by atoms with Gasteiger partial charge in [-0.05, 0) is 130 Å². The van der Waals surface area contributed by atoms with E-state index in [9.17, 15) is 101 Å². The number of unbranched alkanes of at least 4 members (excludes halogenated alkanes) is 14. The number of likely N-dealkylation sites (tertiary alicyclic amines) is 1. The maximum atomic E-state index is 13.2. The number of benzene rings is 8. The van der Waals surface area contributed by atoms with Crippen LogP contribution in [0.15, 0.2) is 169 Å². The van der Waals surface area contributed by atoms with Crippen molar-refractivity contribution in [3.8, 4) is 51.6 Å². The Hall–Kier alpha value is -14.9. The molecule has 144 heavy (non-hydrogen) atoms. The van der Waals surface area contributed by atoms with E-state index in [0.29, 0.717) is 121 Å². The lowest BCUT2D eigenvalue weighted by molar-refractivity contribution is -0.172. The first-order valence-electron chi connectivity index (χ1n) is 45.9. The number of ether oxygens (including phenoxy) is 3. The highest BCUT2D eigenvalue weighted by molar-refractivity contribution is 8.00. The first kappa shape index (κ1) is 109. The summed E-state index contributed by atoms with van der Waals surface area (Å²) in [4.78, 5) is 255. The minimum atomic E-state index is -1.18. The molecule has 2 fully saturated rings. The smallest absolute Gasteiger partial charge is 0.371 e. The van der Waals surface area contributed by atoms with Gasteiger partial charge >= 0.3 is 17.9 Å². The number of hydrogen-bond acceptors (Lipinski definition) is 34. The van der Waals surface area contributed by atoms with Gasteiger partial charge in [0.2, 0.25) is 22.7 Å². The molecule has 6 aromatic rings. The number of ketones is 2. The maximum Gasteiger partial charge on any atom is 0.371 e. The topological polar surface area (TPSA) is 519 Å². The molecule has 0 saturated carbocycles. The van der Waals surface area contributed by atoms with Gasteiger partial charge in [-0.1, -0.05) is 134 Å². The number of aliphatic hydroxyl groups is 1. The van der Waals surface area contributed by atoms with Crippen LogP contribution in [0, 0.1) is 0 Å². The van der Waals surface area contributed by atoms with Crippen LogP contribution in [0.3, 0.4) is 0 Å². The Labute approximate surface area is 839 Å². The number of carbonyl (C=O) groups is 14. The maximum absolute atomic E-state index is 13.2. The second-order valence-corrected chi connectivity index (χ2v) is 35.7. The second kappa shape index (κ2) is 51.2. The molecule has 2 saturated heterocycles. The Kier molecular flexibility index (Phi) is 38.9. The summed E-state index contributed by atoms with van der Waals surface area (Å²) in [6.07, 6.45) is 20.7. The molecule has 10 aliphatic rings. The third-order valence-corrected chi connectivity index (χ3v) is 25.1. The van der Waals surface area contributed by atoms with Crippen molar-refractivity contribution in [2.75, 3.05) is 25.6 Å². The summed E-state index contributed by atoms with van der Waals surface area (Å²) in [6.45, 7) is 5.36. The number of phenols is 1. The van der Waals surface area contributed by atoms with Crippen molar-refractivity contribution in [2.45, 2.75) is 207 Å². The van der Waals surface area contributed by atoms with E-state index in [1.54, 1.807) is 12.1 Å². The molecule has 0 radical (unpaired) electrons. The van der Waals surface area contributed by atoms with E-state index in [-0.39, 0.29) is 225 Å². The standard InChI is InChI=1S/C32H36N2O9S.C30H31ClN2O7.C22H17ClN2O6.C17H9ClN2O7.2CH4/c1-2-3-4-5-8-11-29(39)42-21-12-13-22-26(17-21)43-31-23(33-22)14-15-25(37)30(31)24(36)10-7-6-9-16-34-28(38)18-27(32(34)40)44-20-41-19-35;1-2-3-4-5-8-11-28(38)39-24-18-25-21(17-19(24)31)32-20-12-13-23(35)29(30(20)40-25)22(34)10-7-6-9-16-33-26(36)14-15-27(33)37;23-12-10-14-18(11-17(12)28)31-22-13(24-14)5-6-16(27)21(22)15(26)4-2-1-3-9-25-19(29)7-8-20(25)30;18-7-5-9-12(6-11(7)22)26-16-8(19-9)1-2-10(21)15(16)17(25)27-20-13(23)3-4-14(20)24;;/h12-15,17,19,27H,2-11,16,18,20H2,1H3;12-15,17-18H,2-11,16H2,1H3;5-8,10-11,26H,1-4,9H2;1-2,5-6,21H,3-4H2;2*1H4. The normalized spacial score (nSPS) is 14.0. The third kappa shape index (κ3) is 27.3. The van der Waals surface area contributed by atoms with E-state index >= 15 is 0 Å². The van der Waals surface area contributed by atoms with E-state index in [1.165, 1.54) is 114 Å². The molecular weight excluding hydrogens is 1950 g/mol. The summed E-state index contributed by atoms with van der Waals surface area (Å²) < 4.78 is 38.8. The van der Waals surface area contributed by atoms with E-state index in [1.807, 2.05) is 0 Å². The molecule has 3 aliphatic carbocycles. The number of aromatic nitrogens is 4. The Bertz CT molecular complexity index is 7290. The van der Waals surface area contributed by atoms with Crippen LogP contribution in [0.25, 0.3) is 95.6 Å². The van der Waals surface area contributed by atoms with Crippen LogP contribution in [-0.4, -0.2) is 164 Å². The Morgan fingerprint density at radius 2 is 0.917 bits per heavy atom. The summed E-state index contributed by atoms with van der Waals surface area (Å²) >= 11 is 19.1. The molecule has 2 N–H and O–H groups in total. The van der Waals surface area contributed by atoms with Crippen molar-refractivity contribution in [3.63, 3.8) is 0 Å². The van der Waals surface area contributed by atoms with Crippen molar-refractivity contribution in [2.24, 2.45) is 0 Å². The highest BCUT2D eigenvalue weighted by Crippen LogP contribution is 2.38. The van der Waals surface area contributed by atoms with Gasteiger partial charge in [-0.15, -0.1) is 16.8 Å². The number of imide groups is 4. The molecule has 8 heterocycles. The summed E-state index contributed by atoms with van der Waals surface area (Å²) in [7, 11) is 0. The van der Waals surface area contributed by atoms with Crippen molar-refractivity contribution in [1.82, 2.24) is 39.7 Å². The predicted octanol–water partition coefficient (Wildman–Crippen LogP) is 16.5. The average molecular weight is 2050 g/mol. The molecular formula is C103H101Cl3N8O29S. The minimum absolute atomic E-state index is 0. The number of hydroxylamine groups is 2. The highest BCUT2D eigenvalue weighted by Gasteiger charge is 2.40. The fraction of sp³-hybridized carbons (Fsp3) is 0.350. The molecule has 5 aromatic carbocycles. The van der Waals surface area contributed by atoms with E-state index < -0.39 is 73.2 Å². The largest absolute Gasteiger partial charge is 0.511 e. The highest BCUT2D eigenvalue weighted by atomic mass is 35.5. The fourth-order valence-corrected chi connectivity index (χ4v) is 17.1. The van der Waals surface area contributed by atoms with Gasteiger partial charge < -0.3 is 46.9 Å². The molecule has 1 unspecified atom stereocenters. The van der Waals surface area contributed by atoms with Crippen LogP contribution in [0.2, 0.25) is 15.1 Å². The lowest BCUT2D eigenvalue weighted by Crippen LogP contribution is -2.32. The molecule has 0 spiro atoms. The van der Waals surface area contributed by atoms with E-state index in [0.717, 1.165) is 91.8 Å². The van der Waals surface area contributed by atoms with Gasteiger partial charge in [0.05, 0.1) is 20.3 Å². The lowest BCUT2D eigenvalue weighted by Gasteiger charge is -2.14. The fourth-order valence-electron chi connectivity index (χ4n) is 15.8. The Morgan fingerprint density at radius 1 is 0.444 bits per heavy atom. The molecule has 16 rings (SSSR count). The molecule has 41 heteroatoms. The number of esters is 2. The summed E-state index contributed by atoms with van der Waals surface area (Å²) in [5.74, 6) is -6.02. The van der Waals surface area contributed by atoms with E-state index in [2.05, 4.69) is 38.5 Å². The number of carbonyl (C=O) groups excluding carboxylic acids is 14. The number of nitrogens with zero attached hydrogens (tertiary/aromatic N) is 8. The van der Waals surface area contributed by atoms with Crippen molar-refractivity contribution >= 4 is 191 Å². The van der Waals surface area contributed by atoms with Gasteiger partial charge in [0.15, 0.2) is 78.8 Å². The molecule has 0 bridgehead atoms.